The fourth-order valence-electron chi connectivity index (χ4n) is 1.20. The van der Waals surface area contributed by atoms with E-state index >= 15 is 0 Å². The van der Waals surface area contributed by atoms with Crippen molar-refractivity contribution in [3.8, 4) is 0 Å². The summed E-state index contributed by atoms with van der Waals surface area (Å²) in [5.41, 5.74) is -2.01. The molecule has 5 nitrogen and oxygen atoms in total. The predicted octanol–water partition coefficient (Wildman–Crippen LogP) is 3.85. The third-order valence-corrected chi connectivity index (χ3v) is 14.3. The summed E-state index contributed by atoms with van der Waals surface area (Å²) in [4.78, 5) is 11.6. The van der Waals surface area contributed by atoms with Gasteiger partial charge in [0, 0.05) is 0 Å². The van der Waals surface area contributed by atoms with Crippen molar-refractivity contribution in [3.05, 3.63) is 0 Å². The fourth-order valence-corrected chi connectivity index (χ4v) is 3.26. The molecule has 23 heavy (non-hydrogen) atoms. The van der Waals surface area contributed by atoms with Crippen molar-refractivity contribution in [2.24, 2.45) is 0 Å². The molecule has 0 aromatic carbocycles. The van der Waals surface area contributed by atoms with E-state index in [1.54, 1.807) is 0 Å². The maximum atomic E-state index is 11.6. The van der Waals surface area contributed by atoms with Gasteiger partial charge in [-0.1, -0.05) is 41.5 Å². The normalized spacial score (nSPS) is 14.9. The average Bonchev–Trinajstić information content (AvgIpc) is 2.31. The molecule has 0 saturated heterocycles. The molecule has 0 heterocycles. The van der Waals surface area contributed by atoms with Crippen molar-refractivity contribution in [2.75, 3.05) is 13.2 Å². The van der Waals surface area contributed by atoms with Crippen molar-refractivity contribution in [1.29, 1.82) is 0 Å². The topological polar surface area (TPSA) is 76.0 Å². The van der Waals surface area contributed by atoms with E-state index in [1.807, 2.05) is 26.2 Å². The third-order valence-electron chi connectivity index (χ3n) is 5.35. The van der Waals surface area contributed by atoms with E-state index in [1.165, 1.54) is 0 Å². The highest BCUT2D eigenvalue weighted by Gasteiger charge is 2.46. The van der Waals surface area contributed by atoms with Crippen molar-refractivity contribution in [1.82, 2.24) is 0 Å². The van der Waals surface area contributed by atoms with Gasteiger partial charge < -0.3 is 19.1 Å². The summed E-state index contributed by atoms with van der Waals surface area (Å²) in [6, 6.07) is 0. The van der Waals surface area contributed by atoms with Crippen molar-refractivity contribution < 1.29 is 23.9 Å². The molecule has 0 aliphatic rings. The molecular formula is C16H36O5Si2. The zero-order valence-corrected chi connectivity index (χ0v) is 18.5. The molecule has 0 fully saturated rings. The molecule has 0 radical (unpaired) electrons. The maximum Gasteiger partial charge on any atom is 0.340 e. The second-order valence-corrected chi connectivity index (χ2v) is 19.1. The molecule has 0 aliphatic carbocycles. The first kappa shape index (κ1) is 22.8. The van der Waals surface area contributed by atoms with Crippen LogP contribution in [0.15, 0.2) is 0 Å². The van der Waals surface area contributed by atoms with Gasteiger partial charge in [0.1, 0.15) is 0 Å². The summed E-state index contributed by atoms with van der Waals surface area (Å²) in [5, 5.41) is 19.9. The molecule has 0 spiro atoms. The highest BCUT2D eigenvalue weighted by molar-refractivity contribution is 6.74. The van der Waals surface area contributed by atoms with E-state index in [4.69, 9.17) is 8.85 Å². The van der Waals surface area contributed by atoms with Crippen LogP contribution in [0.25, 0.3) is 0 Å². The van der Waals surface area contributed by atoms with Crippen molar-refractivity contribution in [3.63, 3.8) is 0 Å². The summed E-state index contributed by atoms with van der Waals surface area (Å²) in [7, 11) is -4.28. The largest absolute Gasteiger partial charge is 0.479 e. The van der Waals surface area contributed by atoms with Crippen LogP contribution >= 0.6 is 0 Å². The van der Waals surface area contributed by atoms with Crippen LogP contribution in [0.1, 0.15) is 41.5 Å². The van der Waals surface area contributed by atoms with Crippen LogP contribution in [0.2, 0.25) is 36.3 Å². The Kier molecular flexibility index (Phi) is 6.89. The Labute approximate surface area is 143 Å². The average molecular weight is 365 g/mol. The van der Waals surface area contributed by atoms with E-state index in [0.717, 1.165) is 0 Å². The van der Waals surface area contributed by atoms with E-state index in [9.17, 15) is 15.0 Å². The molecule has 7 heteroatoms. The summed E-state index contributed by atoms with van der Waals surface area (Å²) in [5.74, 6) is -1.30. The van der Waals surface area contributed by atoms with Crippen LogP contribution in [0, 0.1) is 0 Å². The smallest absolute Gasteiger partial charge is 0.340 e. The van der Waals surface area contributed by atoms with E-state index < -0.39 is 28.2 Å². The van der Waals surface area contributed by atoms with E-state index in [-0.39, 0.29) is 23.3 Å². The van der Waals surface area contributed by atoms with Gasteiger partial charge in [-0.3, -0.25) is 0 Å². The fraction of sp³-hybridized carbons (Fsp3) is 0.938. The molecule has 0 rings (SSSR count). The lowest BCUT2D eigenvalue weighted by Gasteiger charge is -2.40. The number of carboxylic acids is 1. The zero-order valence-electron chi connectivity index (χ0n) is 16.5. The molecule has 2 N–H and O–H groups in total. The number of carbonyl (C=O) groups is 1. The molecule has 0 saturated carbocycles. The number of hydrogen-bond donors (Lipinski definition) is 2. The molecule has 0 aliphatic heterocycles. The summed E-state index contributed by atoms with van der Waals surface area (Å²) in [6.45, 7) is 20.1. The number of hydrogen-bond acceptors (Lipinski definition) is 4. The standard InChI is InChI=1S/C16H36O5Si2/c1-14(2,3)22(7,8)20-11-16(19,13(17)18)12-21-23(9,10)15(4,5)6/h19H,11-12H2,1-10H3,(H,17,18). The Morgan fingerprint density at radius 3 is 1.26 bits per heavy atom. The molecule has 0 atom stereocenters. The predicted molar refractivity (Wildman–Crippen MR) is 98.9 cm³/mol. The van der Waals surface area contributed by atoms with Gasteiger partial charge in [0.2, 0.25) is 5.60 Å². The minimum atomic E-state index is -2.14. The van der Waals surface area contributed by atoms with Crippen LogP contribution in [-0.4, -0.2) is 51.6 Å². The first-order chi connectivity index (χ1) is 9.86. The van der Waals surface area contributed by atoms with Gasteiger partial charge in [0.15, 0.2) is 16.6 Å². The second kappa shape index (κ2) is 6.95. The Hall–Kier alpha value is -0.216. The lowest BCUT2D eigenvalue weighted by atomic mass is 10.1. The summed E-state index contributed by atoms with van der Waals surface area (Å²) < 4.78 is 11.8. The van der Waals surface area contributed by atoms with Crippen LogP contribution < -0.4 is 0 Å². The first-order valence-corrected chi connectivity index (χ1v) is 13.9. The minimum Gasteiger partial charge on any atom is -0.479 e. The number of aliphatic hydroxyl groups is 1. The molecule has 0 amide bonds. The van der Waals surface area contributed by atoms with Gasteiger partial charge in [-0.15, -0.1) is 0 Å². The Bertz CT molecular complexity index is 389. The highest BCUT2D eigenvalue weighted by atomic mass is 28.4. The summed E-state index contributed by atoms with van der Waals surface area (Å²) in [6.07, 6.45) is 0. The minimum absolute atomic E-state index is 0.0489. The Morgan fingerprint density at radius 2 is 1.09 bits per heavy atom. The SMILES string of the molecule is CC(C)(C)[Si](C)(C)OCC(O)(CO[Si](C)(C)C(C)(C)C)C(=O)O. The van der Waals surface area contributed by atoms with Gasteiger partial charge in [-0.05, 0) is 36.3 Å². The molecule has 0 unspecified atom stereocenters. The molecule has 138 valence electrons. The number of rotatable bonds is 7. The number of carboxylic acid groups (broad SMARTS) is 1. The maximum absolute atomic E-state index is 11.6. The second-order valence-electron chi connectivity index (χ2n) is 9.43. The van der Waals surface area contributed by atoms with Crippen LogP contribution in [0.4, 0.5) is 0 Å². The van der Waals surface area contributed by atoms with Crippen LogP contribution in [0.3, 0.4) is 0 Å². The van der Waals surface area contributed by atoms with Crippen molar-refractivity contribution >= 4 is 22.6 Å². The molecule has 0 aromatic heterocycles. The van der Waals surface area contributed by atoms with Gasteiger partial charge in [0.05, 0.1) is 13.2 Å². The van der Waals surface area contributed by atoms with Gasteiger partial charge >= 0.3 is 5.97 Å². The highest BCUT2D eigenvalue weighted by Crippen LogP contribution is 2.38. The third kappa shape index (κ3) is 5.97. The lowest BCUT2D eigenvalue weighted by Crippen LogP contribution is -2.55. The van der Waals surface area contributed by atoms with Crippen molar-refractivity contribution in [2.45, 2.75) is 83.4 Å². The van der Waals surface area contributed by atoms with Gasteiger partial charge in [-0.25, -0.2) is 4.79 Å². The van der Waals surface area contributed by atoms with Gasteiger partial charge in [0.25, 0.3) is 0 Å². The van der Waals surface area contributed by atoms with E-state index in [0.29, 0.717) is 0 Å². The Morgan fingerprint density at radius 1 is 0.826 bits per heavy atom. The quantitative estimate of drug-likeness (QED) is 0.671. The lowest BCUT2D eigenvalue weighted by molar-refractivity contribution is -0.166. The van der Waals surface area contributed by atoms with Crippen LogP contribution in [0.5, 0.6) is 0 Å². The van der Waals surface area contributed by atoms with E-state index in [2.05, 4.69) is 41.5 Å². The zero-order chi connectivity index (χ0) is 18.9. The molecule has 0 bridgehead atoms. The monoisotopic (exact) mass is 364 g/mol. The van der Waals surface area contributed by atoms with Gasteiger partial charge in [-0.2, -0.15) is 0 Å². The Balaban J connectivity index is 5.07. The first-order valence-electron chi connectivity index (χ1n) is 8.09. The number of aliphatic carboxylic acids is 1. The molecular weight excluding hydrogens is 328 g/mol. The molecule has 0 aromatic rings. The van der Waals surface area contributed by atoms with Crippen LogP contribution in [-0.2, 0) is 13.6 Å². The summed E-state index contributed by atoms with van der Waals surface area (Å²) >= 11 is 0.